The molecule has 0 aliphatic heterocycles. The fourth-order valence-electron chi connectivity index (χ4n) is 2.44. The maximum atomic E-state index is 10.6. The minimum Gasteiger partial charge on any atom is -0.504 e. The van der Waals surface area contributed by atoms with Crippen LogP contribution in [0.4, 0.5) is 0 Å². The van der Waals surface area contributed by atoms with Crippen molar-refractivity contribution in [3.05, 3.63) is 58.9 Å². The van der Waals surface area contributed by atoms with Crippen LogP contribution in [0.1, 0.15) is 24.0 Å². The van der Waals surface area contributed by atoms with Crippen molar-refractivity contribution in [1.29, 1.82) is 5.26 Å². The molecule has 3 aromatic rings. The standard InChI is InChI=1S/C18H16N4OS/c1-3-22-16(9-12(2)21-22)17(23)14(10-19)15-11-24-18(20-15)13-7-5-4-6-8-13/h4-9,11,23H,3H2,1-2H3. The monoisotopic (exact) mass is 336 g/mol. The number of nitriles is 1. The Balaban J connectivity index is 2.06. The van der Waals surface area contributed by atoms with E-state index < -0.39 is 0 Å². The van der Waals surface area contributed by atoms with E-state index in [1.54, 1.807) is 16.1 Å². The first-order chi connectivity index (χ1) is 11.6. The van der Waals surface area contributed by atoms with Gasteiger partial charge in [-0.25, -0.2) is 4.98 Å². The molecule has 0 atom stereocenters. The molecule has 1 aromatic carbocycles. The minimum atomic E-state index is -0.0927. The van der Waals surface area contributed by atoms with E-state index in [2.05, 4.69) is 16.2 Å². The van der Waals surface area contributed by atoms with Crippen molar-refractivity contribution < 1.29 is 5.11 Å². The van der Waals surface area contributed by atoms with E-state index in [4.69, 9.17) is 0 Å². The van der Waals surface area contributed by atoms with Crippen molar-refractivity contribution in [3.8, 4) is 16.6 Å². The van der Waals surface area contributed by atoms with E-state index in [1.165, 1.54) is 11.3 Å². The van der Waals surface area contributed by atoms with Gasteiger partial charge in [0.05, 0.1) is 11.4 Å². The molecule has 2 heterocycles. The average molecular weight is 336 g/mol. The maximum Gasteiger partial charge on any atom is 0.161 e. The molecule has 3 rings (SSSR count). The SMILES string of the molecule is CCn1nc(C)cc1C(O)=C(C#N)c1csc(-c2ccccc2)n1. The first-order valence-corrected chi connectivity index (χ1v) is 8.41. The van der Waals surface area contributed by atoms with Crippen molar-refractivity contribution in [2.24, 2.45) is 0 Å². The average Bonchev–Trinajstić information content (AvgIpc) is 3.23. The molecular weight excluding hydrogens is 320 g/mol. The van der Waals surface area contributed by atoms with Crippen LogP contribution in [0.2, 0.25) is 0 Å². The highest BCUT2D eigenvalue weighted by Crippen LogP contribution is 2.29. The summed E-state index contributed by atoms with van der Waals surface area (Å²) in [6.07, 6.45) is 0. The van der Waals surface area contributed by atoms with Gasteiger partial charge in [-0.05, 0) is 19.9 Å². The van der Waals surface area contributed by atoms with Gasteiger partial charge in [-0.1, -0.05) is 30.3 Å². The molecule has 5 nitrogen and oxygen atoms in total. The summed E-state index contributed by atoms with van der Waals surface area (Å²) < 4.78 is 1.67. The lowest BCUT2D eigenvalue weighted by atomic mass is 10.1. The van der Waals surface area contributed by atoms with Crippen LogP contribution < -0.4 is 0 Å². The molecule has 0 aliphatic rings. The molecule has 24 heavy (non-hydrogen) atoms. The number of aliphatic hydroxyl groups excluding tert-OH is 1. The molecule has 0 bridgehead atoms. The second kappa shape index (κ2) is 6.69. The highest BCUT2D eigenvalue weighted by atomic mass is 32.1. The fraction of sp³-hybridized carbons (Fsp3) is 0.167. The second-order valence-electron chi connectivity index (χ2n) is 5.23. The molecule has 0 saturated heterocycles. The van der Waals surface area contributed by atoms with Crippen LogP contribution >= 0.6 is 11.3 Å². The van der Waals surface area contributed by atoms with Crippen LogP contribution in [0.5, 0.6) is 0 Å². The number of allylic oxidation sites excluding steroid dienone is 1. The van der Waals surface area contributed by atoms with E-state index in [9.17, 15) is 10.4 Å². The molecule has 120 valence electrons. The maximum absolute atomic E-state index is 10.6. The predicted octanol–water partition coefficient (Wildman–Crippen LogP) is 4.28. The number of benzene rings is 1. The van der Waals surface area contributed by atoms with Crippen LogP contribution in [0.25, 0.3) is 21.9 Å². The summed E-state index contributed by atoms with van der Waals surface area (Å²) in [5, 5.41) is 27.0. The lowest BCUT2D eigenvalue weighted by Gasteiger charge is -2.05. The molecule has 1 N–H and O–H groups in total. The van der Waals surface area contributed by atoms with Crippen molar-refractivity contribution >= 4 is 22.7 Å². The highest BCUT2D eigenvalue weighted by molar-refractivity contribution is 7.13. The third kappa shape index (κ3) is 2.94. The summed E-state index contributed by atoms with van der Waals surface area (Å²) in [6.45, 7) is 4.40. The zero-order valence-corrected chi connectivity index (χ0v) is 14.2. The van der Waals surface area contributed by atoms with Gasteiger partial charge in [-0.2, -0.15) is 10.4 Å². The van der Waals surface area contributed by atoms with Gasteiger partial charge in [0, 0.05) is 17.5 Å². The minimum absolute atomic E-state index is 0.0927. The summed E-state index contributed by atoms with van der Waals surface area (Å²) in [5.74, 6) is -0.0927. The number of thiazole rings is 1. The summed E-state index contributed by atoms with van der Waals surface area (Å²) in [4.78, 5) is 4.51. The van der Waals surface area contributed by atoms with Gasteiger partial charge >= 0.3 is 0 Å². The summed E-state index contributed by atoms with van der Waals surface area (Å²) >= 11 is 1.44. The smallest absolute Gasteiger partial charge is 0.161 e. The van der Waals surface area contributed by atoms with Gasteiger partial charge < -0.3 is 5.11 Å². The largest absolute Gasteiger partial charge is 0.504 e. The van der Waals surface area contributed by atoms with Gasteiger partial charge in [0.2, 0.25) is 0 Å². The van der Waals surface area contributed by atoms with Gasteiger partial charge in [-0.3, -0.25) is 4.68 Å². The molecule has 0 spiro atoms. The van der Waals surface area contributed by atoms with Crippen LogP contribution in [-0.2, 0) is 6.54 Å². The Bertz CT molecular complexity index is 932. The van der Waals surface area contributed by atoms with Crippen molar-refractivity contribution in [2.45, 2.75) is 20.4 Å². The Morgan fingerprint density at radius 3 is 2.75 bits per heavy atom. The van der Waals surface area contributed by atoms with Gasteiger partial charge in [0.1, 0.15) is 22.3 Å². The van der Waals surface area contributed by atoms with Gasteiger partial charge in [0.25, 0.3) is 0 Å². The Labute approximate surface area is 144 Å². The molecule has 0 saturated carbocycles. The lowest BCUT2D eigenvalue weighted by Crippen LogP contribution is -2.03. The lowest BCUT2D eigenvalue weighted by molar-refractivity contribution is 0.497. The van der Waals surface area contributed by atoms with Gasteiger partial charge in [-0.15, -0.1) is 11.3 Å². The number of hydrogen-bond acceptors (Lipinski definition) is 5. The Morgan fingerprint density at radius 2 is 2.08 bits per heavy atom. The summed E-state index contributed by atoms with van der Waals surface area (Å²) in [6, 6.07) is 13.6. The number of aromatic nitrogens is 3. The van der Waals surface area contributed by atoms with Crippen molar-refractivity contribution in [3.63, 3.8) is 0 Å². The van der Waals surface area contributed by atoms with E-state index in [-0.39, 0.29) is 11.3 Å². The molecule has 0 unspecified atom stereocenters. The normalized spacial score (nSPS) is 11.9. The van der Waals surface area contributed by atoms with E-state index in [0.29, 0.717) is 17.9 Å². The molecule has 0 fully saturated rings. The van der Waals surface area contributed by atoms with Crippen LogP contribution in [0, 0.1) is 18.3 Å². The molecule has 0 radical (unpaired) electrons. The highest BCUT2D eigenvalue weighted by Gasteiger charge is 2.18. The van der Waals surface area contributed by atoms with E-state index in [1.807, 2.05) is 44.2 Å². The summed E-state index contributed by atoms with van der Waals surface area (Å²) in [7, 11) is 0. The van der Waals surface area contributed by atoms with E-state index >= 15 is 0 Å². The summed E-state index contributed by atoms with van der Waals surface area (Å²) in [5.41, 5.74) is 2.93. The molecule has 6 heteroatoms. The molecule has 2 aromatic heterocycles. The first-order valence-electron chi connectivity index (χ1n) is 7.53. The molecular formula is C18H16N4OS. The zero-order valence-electron chi connectivity index (χ0n) is 13.4. The number of aliphatic hydroxyl groups is 1. The first kappa shape index (κ1) is 16.0. The van der Waals surface area contributed by atoms with Crippen LogP contribution in [-0.4, -0.2) is 19.9 Å². The molecule has 0 aliphatic carbocycles. The number of nitrogens with zero attached hydrogens (tertiary/aromatic N) is 4. The Morgan fingerprint density at radius 1 is 1.33 bits per heavy atom. The topological polar surface area (TPSA) is 74.7 Å². The van der Waals surface area contributed by atoms with Gasteiger partial charge in [0.15, 0.2) is 5.76 Å². The van der Waals surface area contributed by atoms with E-state index in [0.717, 1.165) is 16.3 Å². The van der Waals surface area contributed by atoms with Crippen molar-refractivity contribution in [2.75, 3.05) is 0 Å². The second-order valence-corrected chi connectivity index (χ2v) is 6.08. The Kier molecular flexibility index (Phi) is 4.45. The predicted molar refractivity (Wildman–Crippen MR) is 95.2 cm³/mol. The third-order valence-corrected chi connectivity index (χ3v) is 4.47. The number of hydrogen-bond donors (Lipinski definition) is 1. The molecule has 0 amide bonds. The quantitative estimate of drug-likeness (QED) is 0.570. The zero-order chi connectivity index (χ0) is 17.1. The van der Waals surface area contributed by atoms with Crippen LogP contribution in [0.3, 0.4) is 0 Å². The number of aryl methyl sites for hydroxylation is 2. The number of rotatable bonds is 4. The van der Waals surface area contributed by atoms with Crippen LogP contribution in [0.15, 0.2) is 41.8 Å². The Hall–Kier alpha value is -2.91. The third-order valence-electron chi connectivity index (χ3n) is 3.57. The van der Waals surface area contributed by atoms with Crippen molar-refractivity contribution in [1.82, 2.24) is 14.8 Å². The fourth-order valence-corrected chi connectivity index (χ4v) is 3.26.